The molecule has 0 fully saturated rings. The van der Waals surface area contributed by atoms with E-state index in [4.69, 9.17) is 4.99 Å². The first kappa shape index (κ1) is 35.8. The van der Waals surface area contributed by atoms with Gasteiger partial charge in [0.25, 0.3) is 5.91 Å². The van der Waals surface area contributed by atoms with Crippen LogP contribution in [0.1, 0.15) is 47.2 Å². The first-order valence-corrected chi connectivity index (χ1v) is 17.9. The number of urea groups is 1. The minimum absolute atomic E-state index is 0.154. The van der Waals surface area contributed by atoms with Crippen molar-refractivity contribution in [2.24, 2.45) is 4.99 Å². The molecule has 0 radical (unpaired) electrons. The second-order valence-electron chi connectivity index (χ2n) is 13.5. The van der Waals surface area contributed by atoms with Gasteiger partial charge >= 0.3 is 6.03 Å². The van der Waals surface area contributed by atoms with E-state index >= 15 is 0 Å². The second kappa shape index (κ2) is 15.5. The number of pyridine rings is 2. The van der Waals surface area contributed by atoms with Crippen LogP contribution in [-0.4, -0.2) is 46.6 Å². The number of carbonyl (C=O) groups excluding carboxylic acids is 3. The number of para-hydroxylation sites is 1. The number of nitrogens with zero attached hydrogens (tertiary/aromatic N) is 6. The quantitative estimate of drug-likeness (QED) is 0.133. The Morgan fingerprint density at radius 2 is 1.67 bits per heavy atom. The molecule has 4 heterocycles. The summed E-state index contributed by atoms with van der Waals surface area (Å²) in [4.78, 5) is 60.7. The summed E-state index contributed by atoms with van der Waals surface area (Å²) < 4.78 is 0. The van der Waals surface area contributed by atoms with Gasteiger partial charge in [0, 0.05) is 47.5 Å². The van der Waals surface area contributed by atoms with Crippen LogP contribution < -0.4 is 25.3 Å². The fourth-order valence-corrected chi connectivity index (χ4v) is 6.81. The van der Waals surface area contributed by atoms with Gasteiger partial charge in [0.15, 0.2) is 0 Å². The number of nitrogens with one attached hydrogen (secondary N) is 2. The van der Waals surface area contributed by atoms with Crippen LogP contribution in [0.15, 0.2) is 121 Å². The lowest BCUT2D eigenvalue weighted by molar-refractivity contribution is -0.123. The zero-order valence-electron chi connectivity index (χ0n) is 30.6. The number of hydrogen-bond donors (Lipinski definition) is 2. The van der Waals surface area contributed by atoms with E-state index in [0.29, 0.717) is 43.1 Å². The van der Waals surface area contributed by atoms with Crippen LogP contribution in [0.4, 0.5) is 39.0 Å². The molecule has 0 bridgehead atoms. The maximum absolute atomic E-state index is 14.3. The van der Waals surface area contributed by atoms with Crippen LogP contribution >= 0.6 is 0 Å². The molecule has 0 saturated heterocycles. The van der Waals surface area contributed by atoms with Crippen molar-refractivity contribution in [3.05, 3.63) is 144 Å². The molecule has 2 N–H and O–H groups in total. The van der Waals surface area contributed by atoms with Gasteiger partial charge in [-0.25, -0.2) is 9.78 Å². The van der Waals surface area contributed by atoms with Gasteiger partial charge in [-0.3, -0.25) is 29.4 Å². The third kappa shape index (κ3) is 7.61. The van der Waals surface area contributed by atoms with Crippen LogP contribution in [-0.2, 0) is 22.7 Å². The number of hydrogen-bond acceptors (Lipinski definition) is 7. The van der Waals surface area contributed by atoms with Gasteiger partial charge in [-0.1, -0.05) is 60.7 Å². The monoisotopic (exact) mass is 718 g/mol. The third-order valence-corrected chi connectivity index (χ3v) is 9.65. The molecule has 0 spiro atoms. The van der Waals surface area contributed by atoms with Gasteiger partial charge in [-0.05, 0) is 68.1 Å². The standard InChI is InChI=1S/C43H42N8O3/c1-5-6-15-35-34-14-10-11-16-37(34)50(26-30-12-8-7-9-13-30)42(53)36(48-35)22-41(52)47-32-19-17-28(2)38(21-32)51-27-31-24-45-40(23-39(31)49(4)43(51)54)46-33-20-18-29(3)44-25-33/h5,7-14,16-21,23-25,36H,1,6,15,22,26-27H2,2-4H3,(H,45,46)(H,47,52)/t36-/m0/s1. The molecule has 2 aromatic heterocycles. The molecule has 0 unspecified atom stereocenters. The van der Waals surface area contributed by atoms with Crippen molar-refractivity contribution >= 4 is 57.8 Å². The van der Waals surface area contributed by atoms with Crippen LogP contribution in [0.5, 0.6) is 0 Å². The van der Waals surface area contributed by atoms with Crippen molar-refractivity contribution in [2.75, 3.05) is 32.4 Å². The number of anilines is 6. The van der Waals surface area contributed by atoms with Crippen LogP contribution in [0.25, 0.3) is 0 Å². The smallest absolute Gasteiger partial charge is 0.329 e. The summed E-state index contributed by atoms with van der Waals surface area (Å²) in [6.45, 7) is 8.37. The number of rotatable bonds is 11. The fraction of sp³-hybridized carbons (Fsp3) is 0.209. The van der Waals surface area contributed by atoms with Gasteiger partial charge in [-0.15, -0.1) is 6.58 Å². The number of allylic oxidation sites excluding steroid dienone is 1. The largest absolute Gasteiger partial charge is 0.339 e. The molecule has 54 heavy (non-hydrogen) atoms. The van der Waals surface area contributed by atoms with Gasteiger partial charge in [0.1, 0.15) is 11.9 Å². The van der Waals surface area contributed by atoms with E-state index in [0.717, 1.165) is 50.7 Å². The minimum Gasteiger partial charge on any atom is -0.339 e. The maximum atomic E-state index is 14.3. The number of carbonyl (C=O) groups is 3. The molecule has 1 atom stereocenters. The Balaban J connectivity index is 1.11. The number of fused-ring (bicyclic) bond motifs is 2. The molecule has 4 amide bonds. The van der Waals surface area contributed by atoms with E-state index < -0.39 is 6.04 Å². The molecule has 0 saturated carbocycles. The van der Waals surface area contributed by atoms with Crippen LogP contribution in [0.3, 0.4) is 0 Å². The Morgan fingerprint density at radius 3 is 2.44 bits per heavy atom. The number of aromatic nitrogens is 2. The predicted molar refractivity (Wildman–Crippen MR) is 215 cm³/mol. The molecule has 7 rings (SSSR count). The number of amides is 4. The highest BCUT2D eigenvalue weighted by molar-refractivity contribution is 6.14. The summed E-state index contributed by atoms with van der Waals surface area (Å²) in [6, 6.07) is 27.6. The van der Waals surface area contributed by atoms with E-state index in [1.807, 2.05) is 98.8 Å². The van der Waals surface area contributed by atoms with E-state index in [1.165, 1.54) is 0 Å². The lowest BCUT2D eigenvalue weighted by atomic mass is 10.0. The van der Waals surface area contributed by atoms with E-state index in [9.17, 15) is 14.4 Å². The predicted octanol–water partition coefficient (Wildman–Crippen LogP) is 8.11. The summed E-state index contributed by atoms with van der Waals surface area (Å²) in [5.74, 6) is -0.00595. The van der Waals surface area contributed by atoms with Crippen molar-refractivity contribution in [1.82, 2.24) is 9.97 Å². The molecule has 272 valence electrons. The molecule has 11 nitrogen and oxygen atoms in total. The van der Waals surface area contributed by atoms with Gasteiger partial charge in [0.2, 0.25) is 5.91 Å². The zero-order valence-corrected chi connectivity index (χ0v) is 30.6. The molecule has 3 aromatic carbocycles. The van der Waals surface area contributed by atoms with Crippen LogP contribution in [0, 0.1) is 13.8 Å². The summed E-state index contributed by atoms with van der Waals surface area (Å²) >= 11 is 0. The molecule has 11 heteroatoms. The molecule has 2 aliphatic rings. The molecule has 5 aromatic rings. The number of benzene rings is 3. The third-order valence-electron chi connectivity index (χ3n) is 9.65. The second-order valence-corrected chi connectivity index (χ2v) is 13.5. The summed E-state index contributed by atoms with van der Waals surface area (Å²) in [7, 11) is 1.73. The number of aliphatic imine (C=N–C) groups is 1. The van der Waals surface area contributed by atoms with Gasteiger partial charge < -0.3 is 15.5 Å². The summed E-state index contributed by atoms with van der Waals surface area (Å²) in [5, 5.41) is 6.25. The first-order chi connectivity index (χ1) is 26.2. The highest BCUT2D eigenvalue weighted by Crippen LogP contribution is 2.35. The lowest BCUT2D eigenvalue weighted by Gasteiger charge is -2.36. The molecule has 0 aliphatic carbocycles. The van der Waals surface area contributed by atoms with Crippen molar-refractivity contribution in [3.8, 4) is 0 Å². The van der Waals surface area contributed by atoms with Gasteiger partial charge in [-0.2, -0.15) is 0 Å². The molecule has 2 aliphatic heterocycles. The Hall–Kier alpha value is -6.62. The average molecular weight is 719 g/mol. The van der Waals surface area contributed by atoms with Crippen molar-refractivity contribution in [3.63, 3.8) is 0 Å². The normalized spacial score (nSPS) is 15.2. The SMILES string of the molecule is C=CCCC1=N[C@@H](CC(=O)Nc2ccc(C)c(N3Cc4cnc(Nc5ccc(C)nc5)cc4N(C)C3=O)c2)C(=O)N(Cc2ccccc2)c2ccccc21. The Morgan fingerprint density at radius 1 is 0.889 bits per heavy atom. The van der Waals surface area contributed by atoms with E-state index in [2.05, 4.69) is 27.2 Å². The first-order valence-electron chi connectivity index (χ1n) is 17.9. The molecular weight excluding hydrogens is 677 g/mol. The van der Waals surface area contributed by atoms with Gasteiger partial charge in [0.05, 0.1) is 48.5 Å². The molecular formula is C43H42N8O3. The highest BCUT2D eigenvalue weighted by Gasteiger charge is 2.34. The topological polar surface area (TPSA) is 123 Å². The maximum Gasteiger partial charge on any atom is 0.329 e. The Labute approximate surface area is 315 Å². The van der Waals surface area contributed by atoms with E-state index in [1.54, 1.807) is 46.3 Å². The lowest BCUT2D eigenvalue weighted by Crippen LogP contribution is -2.45. The zero-order chi connectivity index (χ0) is 37.8. The van der Waals surface area contributed by atoms with Crippen LogP contribution in [0.2, 0.25) is 0 Å². The van der Waals surface area contributed by atoms with Crippen molar-refractivity contribution < 1.29 is 14.4 Å². The van der Waals surface area contributed by atoms with Crippen molar-refractivity contribution in [1.29, 1.82) is 0 Å². The summed E-state index contributed by atoms with van der Waals surface area (Å²) in [6.07, 6.45) is 6.45. The fourth-order valence-electron chi connectivity index (χ4n) is 6.81. The number of benzodiazepines with no additional fused rings is 1. The summed E-state index contributed by atoms with van der Waals surface area (Å²) in [5.41, 5.74) is 8.74. The van der Waals surface area contributed by atoms with E-state index in [-0.39, 0.29) is 24.3 Å². The number of aryl methyl sites for hydroxylation is 2. The highest BCUT2D eigenvalue weighted by atomic mass is 16.2. The van der Waals surface area contributed by atoms with Crippen molar-refractivity contribution in [2.45, 2.75) is 52.2 Å². The minimum atomic E-state index is -0.936. The average Bonchev–Trinajstić information content (AvgIpc) is 3.28. The Bertz CT molecular complexity index is 2250. The Kier molecular flexibility index (Phi) is 10.3.